The Labute approximate surface area is 113 Å². The average molecular weight is 351 g/mol. The molecule has 0 aromatic rings. The van der Waals surface area contributed by atoms with E-state index in [1.54, 1.807) is 0 Å². The molecule has 6 heavy (non-hydrogen) atoms. The molecule has 0 amide bonds. The molecule has 0 fully saturated rings. The molecule has 0 saturated carbocycles. The summed E-state index contributed by atoms with van der Waals surface area (Å²) in [6.45, 7) is 0. The molecule has 0 aromatic heterocycles. The first-order chi connectivity index (χ1) is 1.73. The summed E-state index contributed by atoms with van der Waals surface area (Å²) in [5.74, 6) is 0. The fourth-order valence-corrected chi connectivity index (χ4v) is 0. The minimum absolute atomic E-state index is 0. The van der Waals surface area contributed by atoms with Gasteiger partial charge >= 0.3 is 91.3 Å². The molecule has 0 aliphatic carbocycles. The Morgan fingerprint density at radius 3 is 1.33 bits per heavy atom. The van der Waals surface area contributed by atoms with Crippen molar-refractivity contribution in [1.29, 1.82) is 0 Å². The van der Waals surface area contributed by atoms with Crippen LogP contribution in [0, 0.1) is 39.9 Å². The molecule has 0 atom stereocenters. The van der Waals surface area contributed by atoms with Gasteiger partial charge in [-0.25, -0.2) is 0 Å². The zero-order valence-corrected chi connectivity index (χ0v) is 11.2. The summed E-state index contributed by atoms with van der Waals surface area (Å²) < 4.78 is 25.3. The normalized spacial score (nSPS) is 5.83. The van der Waals surface area contributed by atoms with Crippen molar-refractivity contribution in [3.05, 3.63) is 0 Å². The Kier molecular flexibility index (Phi) is 29.1. The van der Waals surface area contributed by atoms with E-state index in [1.807, 2.05) is 0 Å². The maximum atomic E-state index is 8.44. The van der Waals surface area contributed by atoms with Gasteiger partial charge in [0.1, 0.15) is 0 Å². The van der Waals surface area contributed by atoms with Crippen LogP contribution >= 0.6 is 0 Å². The van der Waals surface area contributed by atoms with Crippen molar-refractivity contribution in [2.75, 3.05) is 0 Å². The molecule has 6 heteroatoms. The molecular weight excluding hydrogens is 351 g/mol. The van der Waals surface area contributed by atoms with Crippen LogP contribution in [0.15, 0.2) is 0 Å². The molecule has 0 bridgehead atoms. The topological polar surface area (TPSA) is 63.2 Å². The molecule has 3 nitrogen and oxygen atoms in total. The van der Waals surface area contributed by atoms with Gasteiger partial charge in [-0.1, -0.05) is 0 Å². The Morgan fingerprint density at radius 2 is 1.33 bits per heavy atom. The van der Waals surface area contributed by atoms with Gasteiger partial charge in [-0.15, -0.1) is 11.4 Å². The number of hydrogen-bond donors (Lipinski definition) is 0. The van der Waals surface area contributed by atoms with Gasteiger partial charge in [-0.05, 0) is 0 Å². The molecule has 0 spiro atoms. The van der Waals surface area contributed by atoms with Gasteiger partial charge in [0.25, 0.3) is 0 Å². The van der Waals surface area contributed by atoms with E-state index < -0.39 is 11.4 Å². The molecule has 0 aliphatic rings. The fraction of sp³-hybridized carbons (Fsp3) is 0. The zero-order chi connectivity index (χ0) is 3.58. The zero-order valence-electron chi connectivity index (χ0n) is 3.13. The average Bonchev–Trinajstić information content (AvgIpc) is 0.811. The third kappa shape index (κ3) is 27.8. The molecule has 26 valence electrons. The molecule has 0 N–H and O–H groups in total. The van der Waals surface area contributed by atoms with E-state index in [9.17, 15) is 0 Å². The van der Waals surface area contributed by atoms with Gasteiger partial charge in [0.05, 0.1) is 0 Å². The third-order valence-electron chi connectivity index (χ3n) is 0. The predicted octanol–water partition coefficient (Wildman–Crippen LogP) is -4.00. The van der Waals surface area contributed by atoms with E-state index in [4.69, 9.17) is 13.3 Å². The van der Waals surface area contributed by atoms with Crippen molar-refractivity contribution in [2.45, 2.75) is 0 Å². The SMILES string of the molecule is O=S([O-])[O-].[K+].[Th+4]. The van der Waals surface area contributed by atoms with E-state index >= 15 is 0 Å². The van der Waals surface area contributed by atoms with Gasteiger partial charge < -0.3 is 9.11 Å². The van der Waals surface area contributed by atoms with Crippen LogP contribution in [-0.4, -0.2) is 13.3 Å². The summed E-state index contributed by atoms with van der Waals surface area (Å²) in [7, 11) is 0. The van der Waals surface area contributed by atoms with Gasteiger partial charge in [-0.2, -0.15) is 0 Å². The summed E-state index contributed by atoms with van der Waals surface area (Å²) in [6.07, 6.45) is 0. The molecule has 0 aromatic carbocycles. The van der Waals surface area contributed by atoms with Crippen LogP contribution in [0.3, 0.4) is 0 Å². The molecule has 0 saturated heterocycles. The van der Waals surface area contributed by atoms with Gasteiger partial charge in [-0.3, -0.25) is 4.21 Å². The van der Waals surface area contributed by atoms with Crippen LogP contribution in [0.1, 0.15) is 0 Å². The molecule has 0 rings (SSSR count). The van der Waals surface area contributed by atoms with Gasteiger partial charge in [0.2, 0.25) is 0 Å². The van der Waals surface area contributed by atoms with Crippen molar-refractivity contribution >= 4 is 11.4 Å². The van der Waals surface area contributed by atoms with Gasteiger partial charge in [0, 0.05) is 0 Å². The largest absolute Gasteiger partial charge is 4.00 e. The van der Waals surface area contributed by atoms with Crippen LogP contribution in [-0.2, 0) is 11.4 Å². The fourth-order valence-electron chi connectivity index (χ4n) is 0. The molecule has 0 aliphatic heterocycles. The van der Waals surface area contributed by atoms with Crippen molar-refractivity contribution in [1.82, 2.24) is 0 Å². The van der Waals surface area contributed by atoms with Crippen molar-refractivity contribution in [2.24, 2.45) is 0 Å². The molecule has 0 unspecified atom stereocenters. The summed E-state index contributed by atoms with van der Waals surface area (Å²) in [5, 5.41) is 0. The predicted molar refractivity (Wildman–Crippen MR) is 9.70 cm³/mol. The second-order valence-electron chi connectivity index (χ2n) is 0.204. The summed E-state index contributed by atoms with van der Waals surface area (Å²) in [4.78, 5) is 0. The number of rotatable bonds is 0. The Balaban J connectivity index is -0.0000000450. The summed E-state index contributed by atoms with van der Waals surface area (Å²) in [6, 6.07) is 0. The Hall–Kier alpha value is 3.03. The third-order valence-corrected chi connectivity index (χ3v) is 0. The Bertz CT molecular complexity index is 33.8. The molecule has 0 heterocycles. The minimum Gasteiger partial charge on any atom is -0.784 e. The monoisotopic (exact) mass is 351 g/mol. The summed E-state index contributed by atoms with van der Waals surface area (Å²) in [5.41, 5.74) is 0. The standard InChI is InChI=1S/K.H2O3S.Th/c;1-4(2)3;/h;(H2,1,2,3);/q+1;;+4/p-2. The first-order valence-electron chi connectivity index (χ1n) is 0.500. The van der Waals surface area contributed by atoms with E-state index in [1.165, 1.54) is 0 Å². The van der Waals surface area contributed by atoms with E-state index in [-0.39, 0.29) is 91.3 Å². The first kappa shape index (κ1) is 16.0. The number of hydrogen-bond acceptors (Lipinski definition) is 3. The molecule has 0 radical (unpaired) electrons. The maximum absolute atomic E-state index is 8.44. The van der Waals surface area contributed by atoms with Crippen LogP contribution in [0.4, 0.5) is 0 Å². The molecular formula is KO3STh+3. The minimum atomic E-state index is -3.11. The van der Waals surface area contributed by atoms with E-state index in [2.05, 4.69) is 0 Å². The van der Waals surface area contributed by atoms with Crippen LogP contribution in [0.5, 0.6) is 0 Å². The van der Waals surface area contributed by atoms with Gasteiger partial charge in [0.15, 0.2) is 0 Å². The Morgan fingerprint density at radius 1 is 1.33 bits per heavy atom. The van der Waals surface area contributed by atoms with Crippen LogP contribution in [0.2, 0.25) is 0 Å². The van der Waals surface area contributed by atoms with Crippen molar-refractivity contribution in [3.8, 4) is 0 Å². The van der Waals surface area contributed by atoms with Crippen molar-refractivity contribution in [3.63, 3.8) is 0 Å². The maximum Gasteiger partial charge on any atom is 4.00 e. The second-order valence-corrected chi connectivity index (χ2v) is 0.612. The quantitative estimate of drug-likeness (QED) is 0.330. The summed E-state index contributed by atoms with van der Waals surface area (Å²) >= 11 is -3.11. The second kappa shape index (κ2) is 10.9. The van der Waals surface area contributed by atoms with Crippen LogP contribution in [0.25, 0.3) is 0 Å². The first-order valence-corrected chi connectivity index (χ1v) is 1.50. The van der Waals surface area contributed by atoms with Crippen molar-refractivity contribution < 1.29 is 105 Å². The smallest absolute Gasteiger partial charge is 0.784 e. The van der Waals surface area contributed by atoms with E-state index in [0.29, 0.717) is 0 Å². The van der Waals surface area contributed by atoms with Crippen LogP contribution < -0.4 is 51.4 Å². The van der Waals surface area contributed by atoms with E-state index in [0.717, 1.165) is 0 Å².